The summed E-state index contributed by atoms with van der Waals surface area (Å²) in [6, 6.07) is 10.6. The number of carbonyl (C=O) groups excluding carboxylic acids is 1. The van der Waals surface area contributed by atoms with E-state index in [1.807, 2.05) is 32.5 Å². The first kappa shape index (κ1) is 22.0. The lowest BCUT2D eigenvalue weighted by molar-refractivity contribution is 0.0531. The van der Waals surface area contributed by atoms with Crippen LogP contribution in [0.25, 0.3) is 10.2 Å². The summed E-state index contributed by atoms with van der Waals surface area (Å²) in [6.07, 6.45) is 0. The monoisotopic (exact) mass is 456 g/mol. The van der Waals surface area contributed by atoms with Gasteiger partial charge in [0.1, 0.15) is 21.3 Å². The highest BCUT2D eigenvalue weighted by molar-refractivity contribution is 7.99. The molecule has 1 fully saturated rings. The lowest BCUT2D eigenvalue weighted by atomic mass is 10.2. The topological polar surface area (TPSA) is 58.6 Å². The largest absolute Gasteiger partial charge is 0.462 e. The number of hydrogen-bond acceptors (Lipinski definition) is 8. The summed E-state index contributed by atoms with van der Waals surface area (Å²) in [6.45, 7) is 11.0. The predicted octanol–water partition coefficient (Wildman–Crippen LogP) is 4.40. The van der Waals surface area contributed by atoms with Gasteiger partial charge in [0, 0.05) is 43.4 Å². The Morgan fingerprint density at radius 2 is 1.87 bits per heavy atom. The fourth-order valence-electron chi connectivity index (χ4n) is 3.83. The molecule has 3 heterocycles. The zero-order valence-corrected chi connectivity index (χ0v) is 19.9. The van der Waals surface area contributed by atoms with Gasteiger partial charge in [-0.2, -0.15) is 0 Å². The minimum absolute atomic E-state index is 0.271. The maximum absolute atomic E-state index is 12.4. The van der Waals surface area contributed by atoms with Crippen molar-refractivity contribution in [2.45, 2.75) is 25.7 Å². The van der Waals surface area contributed by atoms with Gasteiger partial charge in [0.2, 0.25) is 0 Å². The van der Waals surface area contributed by atoms with Crippen LogP contribution < -0.4 is 4.90 Å². The average Bonchev–Trinajstić information content (AvgIpc) is 3.11. The van der Waals surface area contributed by atoms with Crippen LogP contribution in [0.2, 0.25) is 0 Å². The van der Waals surface area contributed by atoms with E-state index in [1.165, 1.54) is 16.2 Å². The molecule has 164 valence electrons. The number of benzene rings is 1. The van der Waals surface area contributed by atoms with E-state index < -0.39 is 0 Å². The van der Waals surface area contributed by atoms with E-state index in [2.05, 4.69) is 45.1 Å². The lowest BCUT2D eigenvalue weighted by Crippen LogP contribution is -2.47. The van der Waals surface area contributed by atoms with Crippen LogP contribution in [0, 0.1) is 13.8 Å². The number of aromatic nitrogens is 2. The van der Waals surface area contributed by atoms with Crippen molar-refractivity contribution >= 4 is 45.1 Å². The minimum Gasteiger partial charge on any atom is -0.462 e. The van der Waals surface area contributed by atoms with Crippen molar-refractivity contribution in [1.82, 2.24) is 14.9 Å². The summed E-state index contributed by atoms with van der Waals surface area (Å²) in [5, 5.41) is 0.992. The van der Waals surface area contributed by atoms with Crippen LogP contribution in [-0.2, 0) is 4.74 Å². The second kappa shape index (κ2) is 9.97. The van der Waals surface area contributed by atoms with Crippen molar-refractivity contribution in [2.75, 3.05) is 50.0 Å². The van der Waals surface area contributed by atoms with Crippen molar-refractivity contribution in [1.29, 1.82) is 0 Å². The number of aryl methyl sites for hydroxylation is 2. The number of anilines is 1. The highest BCUT2D eigenvalue weighted by Gasteiger charge is 2.25. The van der Waals surface area contributed by atoms with E-state index in [-0.39, 0.29) is 5.97 Å². The van der Waals surface area contributed by atoms with Gasteiger partial charge in [-0.15, -0.1) is 23.1 Å². The Kier molecular flexibility index (Phi) is 7.09. The molecule has 0 unspecified atom stereocenters. The maximum atomic E-state index is 12.4. The summed E-state index contributed by atoms with van der Waals surface area (Å²) in [7, 11) is 0. The second-order valence-corrected chi connectivity index (χ2v) is 9.71. The van der Waals surface area contributed by atoms with Gasteiger partial charge in [-0.25, -0.2) is 14.8 Å². The SMILES string of the molecule is CCOC(=O)c1sc2nc(C)nc(N3CCN(CCSc4ccccc4)CC3)c2c1C. The zero-order valence-electron chi connectivity index (χ0n) is 18.3. The molecule has 2 aromatic heterocycles. The Hall–Kier alpha value is -2.16. The minimum atomic E-state index is -0.271. The molecule has 6 nitrogen and oxygen atoms in total. The van der Waals surface area contributed by atoms with Crippen molar-refractivity contribution < 1.29 is 9.53 Å². The van der Waals surface area contributed by atoms with E-state index in [9.17, 15) is 4.79 Å². The molecule has 31 heavy (non-hydrogen) atoms. The number of ether oxygens (including phenoxy) is 1. The van der Waals surface area contributed by atoms with Crippen LogP contribution in [0.4, 0.5) is 5.82 Å². The molecule has 0 radical (unpaired) electrons. The molecule has 0 spiro atoms. The number of hydrogen-bond donors (Lipinski definition) is 0. The molecule has 0 aliphatic carbocycles. The number of carbonyl (C=O) groups is 1. The summed E-state index contributed by atoms with van der Waals surface area (Å²) in [5.41, 5.74) is 0.926. The van der Waals surface area contributed by atoms with Crippen LogP contribution in [0.1, 0.15) is 28.0 Å². The highest BCUT2D eigenvalue weighted by Crippen LogP contribution is 2.36. The van der Waals surface area contributed by atoms with Crippen LogP contribution in [0.3, 0.4) is 0 Å². The third kappa shape index (κ3) is 5.02. The summed E-state index contributed by atoms with van der Waals surface area (Å²) < 4.78 is 5.24. The Morgan fingerprint density at radius 3 is 2.58 bits per heavy atom. The number of rotatable bonds is 7. The predicted molar refractivity (Wildman–Crippen MR) is 129 cm³/mol. The molecule has 4 rings (SSSR count). The van der Waals surface area contributed by atoms with E-state index in [0.29, 0.717) is 11.5 Å². The standard InChI is InChI=1S/C23H28N4O2S2/c1-4-29-23(28)20-16(2)19-21(24-17(3)25-22(19)31-20)27-12-10-26(11-13-27)14-15-30-18-8-6-5-7-9-18/h5-9H,4,10-15H2,1-3H3. The van der Waals surface area contributed by atoms with Gasteiger partial charge in [-0.05, 0) is 38.5 Å². The molecular weight excluding hydrogens is 428 g/mol. The Morgan fingerprint density at radius 1 is 1.13 bits per heavy atom. The number of thioether (sulfide) groups is 1. The van der Waals surface area contributed by atoms with Crippen molar-refractivity contribution in [3.63, 3.8) is 0 Å². The number of thiophene rings is 1. The fourth-order valence-corrected chi connectivity index (χ4v) is 5.88. The van der Waals surface area contributed by atoms with Crippen LogP contribution in [0.15, 0.2) is 35.2 Å². The highest BCUT2D eigenvalue weighted by atomic mass is 32.2. The quantitative estimate of drug-likeness (QED) is 0.386. The van der Waals surface area contributed by atoms with E-state index in [1.54, 1.807) is 0 Å². The molecule has 1 aliphatic rings. The fraction of sp³-hybridized carbons (Fsp3) is 0.435. The average molecular weight is 457 g/mol. The van der Waals surface area contributed by atoms with Gasteiger partial charge in [0.05, 0.1) is 12.0 Å². The van der Waals surface area contributed by atoms with Crippen molar-refractivity contribution in [2.24, 2.45) is 0 Å². The molecule has 0 atom stereocenters. The Labute approximate surface area is 191 Å². The first-order valence-corrected chi connectivity index (χ1v) is 12.5. The molecule has 0 amide bonds. The van der Waals surface area contributed by atoms with Gasteiger partial charge in [-0.3, -0.25) is 4.90 Å². The maximum Gasteiger partial charge on any atom is 0.348 e. The lowest BCUT2D eigenvalue weighted by Gasteiger charge is -2.35. The van der Waals surface area contributed by atoms with Crippen molar-refractivity contribution in [3.05, 3.63) is 46.6 Å². The molecule has 3 aromatic rings. The van der Waals surface area contributed by atoms with Gasteiger partial charge in [-0.1, -0.05) is 18.2 Å². The zero-order chi connectivity index (χ0) is 21.8. The van der Waals surface area contributed by atoms with Crippen LogP contribution >= 0.6 is 23.1 Å². The number of fused-ring (bicyclic) bond motifs is 1. The Balaban J connectivity index is 1.44. The molecule has 0 N–H and O–H groups in total. The summed E-state index contributed by atoms with van der Waals surface area (Å²) in [5.74, 6) is 2.51. The molecule has 0 saturated carbocycles. The molecular formula is C23H28N4O2S2. The van der Waals surface area contributed by atoms with E-state index >= 15 is 0 Å². The second-order valence-electron chi connectivity index (χ2n) is 7.54. The number of nitrogens with zero attached hydrogens (tertiary/aromatic N) is 4. The molecule has 8 heteroatoms. The summed E-state index contributed by atoms with van der Waals surface area (Å²) >= 11 is 3.32. The van der Waals surface area contributed by atoms with Crippen molar-refractivity contribution in [3.8, 4) is 0 Å². The van der Waals surface area contributed by atoms with Gasteiger partial charge >= 0.3 is 5.97 Å². The van der Waals surface area contributed by atoms with Crippen LogP contribution in [0.5, 0.6) is 0 Å². The van der Waals surface area contributed by atoms with Gasteiger partial charge < -0.3 is 9.64 Å². The van der Waals surface area contributed by atoms with E-state index in [4.69, 9.17) is 9.72 Å². The first-order chi connectivity index (χ1) is 15.1. The third-order valence-corrected chi connectivity index (χ3v) is 7.59. The molecule has 0 bridgehead atoms. The Bertz CT molecular complexity index is 1050. The third-order valence-electron chi connectivity index (χ3n) is 5.43. The first-order valence-electron chi connectivity index (χ1n) is 10.7. The number of esters is 1. The van der Waals surface area contributed by atoms with Gasteiger partial charge in [0.25, 0.3) is 0 Å². The molecule has 1 saturated heterocycles. The summed E-state index contributed by atoms with van der Waals surface area (Å²) in [4.78, 5) is 29.4. The normalized spacial score (nSPS) is 14.9. The van der Waals surface area contributed by atoms with Gasteiger partial charge in [0.15, 0.2) is 0 Å². The molecule has 1 aliphatic heterocycles. The molecule has 1 aromatic carbocycles. The van der Waals surface area contributed by atoms with Crippen LogP contribution in [-0.4, -0.2) is 65.9 Å². The van der Waals surface area contributed by atoms with E-state index in [0.717, 1.165) is 65.9 Å². The smallest absolute Gasteiger partial charge is 0.348 e. The number of piperazine rings is 1.